The fourth-order valence-corrected chi connectivity index (χ4v) is 4.37. The molecule has 0 aliphatic carbocycles. The van der Waals surface area contributed by atoms with Gasteiger partial charge >= 0.3 is 6.03 Å². The number of pyridine rings is 2. The lowest BCUT2D eigenvalue weighted by atomic mass is 10.00. The van der Waals surface area contributed by atoms with Crippen molar-refractivity contribution in [3.8, 4) is 22.3 Å². The molecule has 0 aliphatic heterocycles. The first kappa shape index (κ1) is 23.8. The van der Waals surface area contributed by atoms with Crippen LogP contribution in [0.25, 0.3) is 32.5 Å². The minimum Gasteiger partial charge on any atom is -0.338 e. The lowest BCUT2D eigenvalue weighted by Gasteiger charge is -2.09. The number of nitrogens with one attached hydrogen (secondary N) is 4. The van der Waals surface area contributed by atoms with Crippen molar-refractivity contribution in [2.75, 3.05) is 22.5 Å². The monoisotopic (exact) mass is 489 g/mol. The Morgan fingerprint density at radius 3 is 2.00 bits per heavy atom. The van der Waals surface area contributed by atoms with E-state index in [1.165, 1.54) is 25.2 Å². The minimum absolute atomic E-state index is 0.196. The molecule has 4 aromatic rings. The van der Waals surface area contributed by atoms with Crippen molar-refractivity contribution < 1.29 is 14.4 Å². The van der Waals surface area contributed by atoms with Crippen molar-refractivity contribution in [3.63, 3.8) is 0 Å². The van der Waals surface area contributed by atoms with Gasteiger partial charge in [-0.25, -0.2) is 19.7 Å². The molecule has 0 radical (unpaired) electrons. The number of anilines is 3. The van der Waals surface area contributed by atoms with Crippen molar-refractivity contribution in [2.45, 2.75) is 20.8 Å². The Hall–Kier alpha value is -4.38. The molecule has 10 nitrogen and oxygen atoms in total. The first-order valence-corrected chi connectivity index (χ1v) is 11.6. The Labute approximate surface area is 205 Å². The molecule has 0 bridgehead atoms. The number of rotatable bonds is 6. The lowest BCUT2D eigenvalue weighted by molar-refractivity contribution is -0.115. The molecule has 178 valence electrons. The minimum atomic E-state index is -0.326. The first-order valence-electron chi connectivity index (χ1n) is 10.8. The van der Waals surface area contributed by atoms with Crippen LogP contribution in [0.15, 0.2) is 48.8 Å². The lowest BCUT2D eigenvalue weighted by Crippen LogP contribution is -2.28. The third-order valence-corrected chi connectivity index (χ3v) is 5.85. The number of fused-ring (bicyclic) bond motifs is 1. The summed E-state index contributed by atoms with van der Waals surface area (Å²) in [6, 6.07) is 10.8. The highest BCUT2D eigenvalue weighted by Crippen LogP contribution is 2.38. The largest absolute Gasteiger partial charge is 0.338 e. The molecular formula is C24H23N7O3S. The molecule has 0 spiro atoms. The number of carbonyl (C=O) groups excluding carboxylic acids is 3. The van der Waals surface area contributed by atoms with Crippen LogP contribution in [-0.2, 0) is 9.59 Å². The van der Waals surface area contributed by atoms with Crippen LogP contribution in [0.2, 0.25) is 0 Å². The maximum absolute atomic E-state index is 12.0. The van der Waals surface area contributed by atoms with Crippen molar-refractivity contribution >= 4 is 56.2 Å². The molecule has 0 saturated carbocycles. The predicted octanol–water partition coefficient (Wildman–Crippen LogP) is 4.48. The topological polar surface area (TPSA) is 138 Å². The van der Waals surface area contributed by atoms with Crippen molar-refractivity contribution in [1.29, 1.82) is 0 Å². The van der Waals surface area contributed by atoms with Crippen LogP contribution in [0.4, 0.5) is 21.6 Å². The van der Waals surface area contributed by atoms with Gasteiger partial charge in [-0.05, 0) is 48.9 Å². The molecule has 3 heterocycles. The second-order valence-corrected chi connectivity index (χ2v) is 8.60. The summed E-state index contributed by atoms with van der Waals surface area (Å²) in [6.45, 7) is 5.19. The van der Waals surface area contributed by atoms with Gasteiger partial charge in [-0.3, -0.25) is 14.9 Å². The molecule has 1 aromatic carbocycles. The van der Waals surface area contributed by atoms with Crippen LogP contribution < -0.4 is 21.3 Å². The van der Waals surface area contributed by atoms with Gasteiger partial charge < -0.3 is 16.0 Å². The number of amides is 4. The summed E-state index contributed by atoms with van der Waals surface area (Å²) in [7, 11) is 0. The van der Waals surface area contributed by atoms with E-state index >= 15 is 0 Å². The van der Waals surface area contributed by atoms with Crippen molar-refractivity contribution in [3.05, 3.63) is 48.8 Å². The standard InChI is InChI=1S/C24H23N7O3S/c1-4-25-23(34)31-24-30-19-10-17(15-5-7-20(26-11-15)28-13(2)32)9-18(22(19)35-24)16-6-8-21(27-12-16)29-14(3)33/h5-12H,4H2,1-3H3,(H,26,28,32)(H,27,29,33)(H2,25,30,31,34). The third kappa shape index (κ3) is 5.76. The van der Waals surface area contributed by atoms with E-state index in [9.17, 15) is 14.4 Å². The van der Waals surface area contributed by atoms with E-state index in [1.807, 2.05) is 31.2 Å². The highest BCUT2D eigenvalue weighted by molar-refractivity contribution is 7.22. The van der Waals surface area contributed by atoms with E-state index in [-0.39, 0.29) is 17.8 Å². The summed E-state index contributed by atoms with van der Waals surface area (Å²) in [6.07, 6.45) is 3.35. The van der Waals surface area contributed by atoms with Gasteiger partial charge in [-0.2, -0.15) is 0 Å². The molecule has 0 aliphatic rings. The number of aromatic nitrogens is 3. The molecule has 0 unspecified atom stereocenters. The van der Waals surface area contributed by atoms with Gasteiger partial charge in [0.05, 0.1) is 10.2 Å². The molecule has 4 amide bonds. The van der Waals surface area contributed by atoms with Crippen molar-refractivity contribution in [2.24, 2.45) is 0 Å². The van der Waals surface area contributed by atoms with Gasteiger partial charge in [-0.1, -0.05) is 11.3 Å². The molecule has 3 aromatic heterocycles. The Morgan fingerprint density at radius 2 is 1.46 bits per heavy atom. The molecule has 35 heavy (non-hydrogen) atoms. The number of hydrogen-bond acceptors (Lipinski definition) is 7. The van der Waals surface area contributed by atoms with Gasteiger partial charge in [-0.15, -0.1) is 0 Å². The quantitative estimate of drug-likeness (QED) is 0.315. The normalized spacial score (nSPS) is 10.6. The predicted molar refractivity (Wildman–Crippen MR) is 137 cm³/mol. The molecule has 4 N–H and O–H groups in total. The summed E-state index contributed by atoms with van der Waals surface area (Å²) in [5.41, 5.74) is 4.08. The smallest absolute Gasteiger partial charge is 0.321 e. The van der Waals surface area contributed by atoms with Crippen LogP contribution in [-0.4, -0.2) is 39.3 Å². The number of hydrogen-bond donors (Lipinski definition) is 4. The molecule has 0 saturated heterocycles. The van der Waals surface area contributed by atoms with Gasteiger partial charge in [0.25, 0.3) is 0 Å². The van der Waals surface area contributed by atoms with E-state index < -0.39 is 0 Å². The van der Waals surface area contributed by atoms with Gasteiger partial charge in [0.15, 0.2) is 5.13 Å². The van der Waals surface area contributed by atoms with Gasteiger partial charge in [0.2, 0.25) is 11.8 Å². The molecule has 0 atom stereocenters. The Morgan fingerprint density at radius 1 is 0.829 bits per heavy atom. The van der Waals surface area contributed by atoms with E-state index in [0.29, 0.717) is 28.8 Å². The molecular weight excluding hydrogens is 466 g/mol. The Kier molecular flexibility index (Phi) is 6.97. The summed E-state index contributed by atoms with van der Waals surface area (Å²) < 4.78 is 0.873. The fourth-order valence-electron chi connectivity index (χ4n) is 3.40. The zero-order chi connectivity index (χ0) is 24.9. The Balaban J connectivity index is 1.78. The van der Waals surface area contributed by atoms with E-state index in [0.717, 1.165) is 27.0 Å². The number of urea groups is 1. The van der Waals surface area contributed by atoms with E-state index in [4.69, 9.17) is 0 Å². The summed E-state index contributed by atoms with van der Waals surface area (Å²) in [4.78, 5) is 47.9. The SMILES string of the molecule is CCNC(=O)Nc1nc2cc(-c3ccc(NC(C)=O)nc3)cc(-c3ccc(NC(C)=O)nc3)c2s1. The highest BCUT2D eigenvalue weighted by Gasteiger charge is 2.15. The number of thiazole rings is 1. The zero-order valence-corrected chi connectivity index (χ0v) is 20.1. The molecule has 4 rings (SSSR count). The second kappa shape index (κ2) is 10.3. The number of benzene rings is 1. The average Bonchev–Trinajstić information content (AvgIpc) is 3.21. The van der Waals surface area contributed by atoms with Crippen molar-refractivity contribution in [1.82, 2.24) is 20.3 Å². The van der Waals surface area contributed by atoms with E-state index in [1.54, 1.807) is 24.5 Å². The zero-order valence-electron chi connectivity index (χ0n) is 19.3. The summed E-state index contributed by atoms with van der Waals surface area (Å²) in [5, 5.41) is 11.2. The number of nitrogens with zero attached hydrogens (tertiary/aromatic N) is 3. The fraction of sp³-hybridized carbons (Fsp3) is 0.167. The van der Waals surface area contributed by atoms with Crippen LogP contribution in [0.5, 0.6) is 0 Å². The average molecular weight is 490 g/mol. The van der Waals surface area contributed by atoms with Crippen LogP contribution in [0.1, 0.15) is 20.8 Å². The van der Waals surface area contributed by atoms with Gasteiger partial charge in [0, 0.05) is 49.5 Å². The second-order valence-electron chi connectivity index (χ2n) is 7.60. The number of carbonyl (C=O) groups is 3. The summed E-state index contributed by atoms with van der Waals surface area (Å²) >= 11 is 1.36. The highest BCUT2D eigenvalue weighted by atomic mass is 32.1. The molecule has 11 heteroatoms. The third-order valence-electron chi connectivity index (χ3n) is 4.83. The van der Waals surface area contributed by atoms with Crippen LogP contribution >= 0.6 is 11.3 Å². The Bertz CT molecular complexity index is 1400. The van der Waals surface area contributed by atoms with Crippen LogP contribution in [0.3, 0.4) is 0 Å². The summed E-state index contributed by atoms with van der Waals surface area (Å²) in [5.74, 6) is 0.517. The molecule has 0 fully saturated rings. The maximum Gasteiger partial charge on any atom is 0.321 e. The first-order chi connectivity index (χ1) is 16.8. The van der Waals surface area contributed by atoms with Gasteiger partial charge in [0.1, 0.15) is 11.6 Å². The van der Waals surface area contributed by atoms with E-state index in [2.05, 4.69) is 36.2 Å². The van der Waals surface area contributed by atoms with Crippen LogP contribution in [0, 0.1) is 0 Å². The maximum atomic E-state index is 12.0.